The van der Waals surface area contributed by atoms with Crippen LogP contribution in [0.5, 0.6) is 0 Å². The molecule has 1 fully saturated rings. The van der Waals surface area contributed by atoms with Crippen LogP contribution in [0.3, 0.4) is 0 Å². The van der Waals surface area contributed by atoms with Crippen LogP contribution in [-0.2, 0) is 10.3 Å². The molecule has 1 heterocycles. The molecule has 0 radical (unpaired) electrons. The van der Waals surface area contributed by atoms with Crippen molar-refractivity contribution in [3.63, 3.8) is 0 Å². The summed E-state index contributed by atoms with van der Waals surface area (Å²) in [7, 11) is 0. The molecule has 1 aliphatic rings. The highest BCUT2D eigenvalue weighted by Crippen LogP contribution is 2.37. The van der Waals surface area contributed by atoms with Gasteiger partial charge in [-0.25, -0.2) is 4.79 Å². The van der Waals surface area contributed by atoms with E-state index in [2.05, 4.69) is 5.32 Å². The molecule has 1 N–H and O–H groups in total. The fraction of sp³-hybridized carbons (Fsp3) is 0.333. The molecule has 2 aromatic rings. The number of carbonyl (C=O) groups is 2. The molecule has 0 aromatic heterocycles. The van der Waals surface area contributed by atoms with Gasteiger partial charge < -0.3 is 5.32 Å². The summed E-state index contributed by atoms with van der Waals surface area (Å²) >= 11 is 0. The first-order valence-electron chi connectivity index (χ1n) is 8.63. The summed E-state index contributed by atoms with van der Waals surface area (Å²) in [5.74, 6) is 0.00156. The largest absolute Gasteiger partial charge is 0.325 e. The summed E-state index contributed by atoms with van der Waals surface area (Å²) in [6.07, 6.45) is 0. The lowest BCUT2D eigenvalue weighted by atomic mass is 9.81. The Morgan fingerprint density at radius 1 is 0.960 bits per heavy atom. The lowest BCUT2D eigenvalue weighted by Crippen LogP contribution is -2.45. The van der Waals surface area contributed by atoms with Crippen molar-refractivity contribution in [2.24, 2.45) is 5.92 Å². The van der Waals surface area contributed by atoms with Gasteiger partial charge in [0.25, 0.3) is 5.91 Å². The predicted molar refractivity (Wildman–Crippen MR) is 98.2 cm³/mol. The lowest BCUT2D eigenvalue weighted by molar-refractivity contribution is -0.130. The predicted octanol–water partition coefficient (Wildman–Crippen LogP) is 3.75. The normalized spacial score (nSPS) is 20.3. The van der Waals surface area contributed by atoms with Crippen LogP contribution in [-0.4, -0.2) is 23.4 Å². The van der Waals surface area contributed by atoms with Crippen molar-refractivity contribution in [1.29, 1.82) is 0 Å². The Morgan fingerprint density at radius 3 is 2.24 bits per heavy atom. The van der Waals surface area contributed by atoms with Crippen LogP contribution in [0.25, 0.3) is 0 Å². The van der Waals surface area contributed by atoms with Gasteiger partial charge >= 0.3 is 6.03 Å². The number of nitrogens with zero attached hydrogens (tertiary/aromatic N) is 1. The molecule has 0 saturated carbocycles. The van der Waals surface area contributed by atoms with E-state index in [9.17, 15) is 9.59 Å². The Balaban J connectivity index is 2.19. The van der Waals surface area contributed by atoms with Crippen LogP contribution >= 0.6 is 0 Å². The molecular formula is C21H24N2O2. The minimum Gasteiger partial charge on any atom is -0.315 e. The van der Waals surface area contributed by atoms with E-state index < -0.39 is 5.54 Å². The average molecular weight is 336 g/mol. The molecule has 1 aliphatic heterocycles. The Morgan fingerprint density at radius 2 is 1.64 bits per heavy atom. The van der Waals surface area contributed by atoms with Crippen molar-refractivity contribution in [1.82, 2.24) is 10.2 Å². The van der Waals surface area contributed by atoms with Gasteiger partial charge in [0, 0.05) is 6.54 Å². The zero-order chi connectivity index (χ0) is 18.2. The second-order valence-corrected chi connectivity index (χ2v) is 7.15. The highest BCUT2D eigenvalue weighted by atomic mass is 16.2. The Hall–Kier alpha value is -2.62. The molecule has 0 unspecified atom stereocenters. The number of nitrogens with one attached hydrogen (secondary N) is 1. The smallest absolute Gasteiger partial charge is 0.315 e. The molecule has 130 valence electrons. The molecule has 25 heavy (non-hydrogen) atoms. The summed E-state index contributed by atoms with van der Waals surface area (Å²) in [5, 5.41) is 2.99. The third-order valence-corrected chi connectivity index (χ3v) is 4.80. The zero-order valence-corrected chi connectivity index (χ0v) is 15.2. The van der Waals surface area contributed by atoms with Crippen molar-refractivity contribution >= 4 is 11.9 Å². The number of rotatable bonds is 4. The van der Waals surface area contributed by atoms with Crippen molar-refractivity contribution < 1.29 is 9.59 Å². The fourth-order valence-electron chi connectivity index (χ4n) is 3.33. The number of aryl methyl sites for hydroxylation is 2. The van der Waals surface area contributed by atoms with E-state index in [4.69, 9.17) is 0 Å². The number of urea groups is 1. The van der Waals surface area contributed by atoms with Gasteiger partial charge in [-0.15, -0.1) is 0 Å². The zero-order valence-electron chi connectivity index (χ0n) is 15.2. The number of hydrogen-bond donors (Lipinski definition) is 1. The van der Waals surface area contributed by atoms with Crippen LogP contribution < -0.4 is 5.32 Å². The van der Waals surface area contributed by atoms with Gasteiger partial charge in [-0.3, -0.25) is 9.69 Å². The van der Waals surface area contributed by atoms with Gasteiger partial charge in [0.2, 0.25) is 0 Å². The molecule has 3 rings (SSSR count). The van der Waals surface area contributed by atoms with Crippen LogP contribution in [0.4, 0.5) is 4.79 Å². The SMILES string of the molecule is Cc1ccc([C@]2(c3ccccc3)NC(=O)N(CC(C)C)C2=O)cc1C. The first kappa shape index (κ1) is 17.2. The van der Waals surface area contributed by atoms with E-state index in [-0.39, 0.29) is 17.9 Å². The number of benzene rings is 2. The molecule has 3 amide bonds. The van der Waals surface area contributed by atoms with E-state index in [1.807, 2.05) is 76.2 Å². The first-order chi connectivity index (χ1) is 11.9. The van der Waals surface area contributed by atoms with Crippen molar-refractivity contribution in [2.45, 2.75) is 33.2 Å². The van der Waals surface area contributed by atoms with Gasteiger partial charge in [-0.05, 0) is 42.0 Å². The number of carbonyl (C=O) groups excluding carboxylic acids is 2. The van der Waals surface area contributed by atoms with E-state index in [1.165, 1.54) is 4.90 Å². The standard InChI is InChI=1S/C21H24N2O2/c1-14(2)13-23-19(24)21(22-20(23)25,17-8-6-5-7-9-17)18-11-10-15(3)16(4)12-18/h5-12,14H,13H2,1-4H3,(H,22,25)/t21-/m0/s1. The minimum atomic E-state index is -1.16. The first-order valence-corrected chi connectivity index (χ1v) is 8.63. The molecule has 2 aromatic carbocycles. The summed E-state index contributed by atoms with van der Waals surface area (Å²) in [6, 6.07) is 15.1. The summed E-state index contributed by atoms with van der Waals surface area (Å²) in [4.78, 5) is 27.4. The minimum absolute atomic E-state index is 0.208. The summed E-state index contributed by atoms with van der Waals surface area (Å²) in [5.41, 5.74) is 2.67. The summed E-state index contributed by atoms with van der Waals surface area (Å²) < 4.78 is 0. The van der Waals surface area contributed by atoms with E-state index in [0.717, 1.165) is 22.3 Å². The molecule has 1 atom stereocenters. The van der Waals surface area contributed by atoms with Gasteiger partial charge in [0.15, 0.2) is 5.54 Å². The quantitative estimate of drug-likeness (QED) is 0.865. The van der Waals surface area contributed by atoms with E-state index in [1.54, 1.807) is 0 Å². The number of imide groups is 1. The van der Waals surface area contributed by atoms with Gasteiger partial charge in [-0.2, -0.15) is 0 Å². The van der Waals surface area contributed by atoms with Gasteiger partial charge in [0.1, 0.15) is 0 Å². The second kappa shape index (κ2) is 6.36. The van der Waals surface area contributed by atoms with Crippen molar-refractivity contribution in [3.05, 3.63) is 70.8 Å². The molecule has 0 aliphatic carbocycles. The van der Waals surface area contributed by atoms with E-state index in [0.29, 0.717) is 6.54 Å². The Kier molecular flexibility index (Phi) is 4.38. The maximum atomic E-state index is 13.4. The third-order valence-electron chi connectivity index (χ3n) is 4.80. The summed E-state index contributed by atoms with van der Waals surface area (Å²) in [6.45, 7) is 8.46. The molecule has 4 heteroatoms. The molecule has 4 nitrogen and oxygen atoms in total. The molecule has 0 bridgehead atoms. The lowest BCUT2D eigenvalue weighted by Gasteiger charge is -2.29. The van der Waals surface area contributed by atoms with E-state index >= 15 is 0 Å². The molecule has 1 saturated heterocycles. The molecule has 0 spiro atoms. The third kappa shape index (κ3) is 2.82. The number of amides is 3. The number of hydrogen-bond acceptors (Lipinski definition) is 2. The topological polar surface area (TPSA) is 49.4 Å². The second-order valence-electron chi connectivity index (χ2n) is 7.15. The maximum Gasteiger partial charge on any atom is 0.325 e. The maximum absolute atomic E-state index is 13.4. The average Bonchev–Trinajstić information content (AvgIpc) is 2.83. The highest BCUT2D eigenvalue weighted by molar-refractivity contribution is 6.09. The Labute approximate surface area is 148 Å². The fourth-order valence-corrected chi connectivity index (χ4v) is 3.33. The van der Waals surface area contributed by atoms with Crippen LogP contribution in [0, 0.1) is 19.8 Å². The highest BCUT2D eigenvalue weighted by Gasteiger charge is 2.53. The van der Waals surface area contributed by atoms with Crippen LogP contribution in [0.2, 0.25) is 0 Å². The monoisotopic (exact) mass is 336 g/mol. The van der Waals surface area contributed by atoms with Gasteiger partial charge in [0.05, 0.1) is 0 Å². The van der Waals surface area contributed by atoms with Crippen molar-refractivity contribution in [2.75, 3.05) is 6.54 Å². The Bertz CT molecular complexity index is 814. The van der Waals surface area contributed by atoms with Gasteiger partial charge in [-0.1, -0.05) is 62.4 Å². The van der Waals surface area contributed by atoms with Crippen molar-refractivity contribution in [3.8, 4) is 0 Å². The molecular weight excluding hydrogens is 312 g/mol. The van der Waals surface area contributed by atoms with Crippen LogP contribution in [0.1, 0.15) is 36.1 Å². The van der Waals surface area contributed by atoms with Crippen LogP contribution in [0.15, 0.2) is 48.5 Å².